The van der Waals surface area contributed by atoms with Crippen LogP contribution in [0.5, 0.6) is 0 Å². The molecule has 0 saturated carbocycles. The minimum absolute atomic E-state index is 0.0705. The summed E-state index contributed by atoms with van der Waals surface area (Å²) in [6, 6.07) is 0.534. The molecule has 0 radical (unpaired) electrons. The number of carbonyl (C=O) groups is 4. The molecule has 0 aromatic carbocycles. The molecule has 1 saturated heterocycles. The smallest absolute Gasteiger partial charge is 0.290 e. The molecule has 1 aromatic rings. The zero-order chi connectivity index (χ0) is 25.8. The molecule has 3 atom stereocenters. The van der Waals surface area contributed by atoms with Gasteiger partial charge in [0, 0.05) is 13.1 Å². The van der Waals surface area contributed by atoms with E-state index in [1.54, 1.807) is 6.07 Å². The molecule has 2 rings (SSSR count). The van der Waals surface area contributed by atoms with Gasteiger partial charge in [-0.2, -0.15) is 0 Å². The Morgan fingerprint density at radius 2 is 1.83 bits per heavy atom. The summed E-state index contributed by atoms with van der Waals surface area (Å²) in [4.78, 5) is 56.0. The van der Waals surface area contributed by atoms with E-state index in [1.165, 1.54) is 17.2 Å². The molecule has 13 nitrogen and oxygen atoms in total. The number of nitrogens with zero attached hydrogens (tertiary/aromatic N) is 2. The molecule has 0 aliphatic carbocycles. The van der Waals surface area contributed by atoms with Crippen LogP contribution < -0.4 is 33.6 Å². The summed E-state index contributed by atoms with van der Waals surface area (Å²) in [5.74, 6) is -2.00. The Labute approximate surface area is 204 Å². The summed E-state index contributed by atoms with van der Waals surface area (Å²) in [6.45, 7) is 1.12. The van der Waals surface area contributed by atoms with Gasteiger partial charge in [-0.1, -0.05) is 0 Å². The van der Waals surface area contributed by atoms with E-state index in [2.05, 4.69) is 15.6 Å². The maximum atomic E-state index is 13.1. The third kappa shape index (κ3) is 8.59. The quantitative estimate of drug-likeness (QED) is 0.102. The standard InChI is InChI=1S/C22H36N8O5/c23-10-2-1-6-15(19(32)28-14(18(24)31)7-3-11-27-22(25)26)29-20(33)16-8-4-12-30(16)21(34)17-9-5-13-35-17/h5,9,13-16H,1-4,6-8,10-12,23H2,(H2,24,31)(H,28,32)(H,29,33)(H4,25,26,27)/t14-,15-,16-/m0/s1. The van der Waals surface area contributed by atoms with Crippen molar-refractivity contribution in [3.05, 3.63) is 24.2 Å². The maximum Gasteiger partial charge on any atom is 0.290 e. The molecule has 35 heavy (non-hydrogen) atoms. The van der Waals surface area contributed by atoms with Gasteiger partial charge in [0.1, 0.15) is 18.1 Å². The number of amides is 4. The fourth-order valence-corrected chi connectivity index (χ4v) is 3.92. The summed E-state index contributed by atoms with van der Waals surface area (Å²) in [5, 5.41) is 5.37. The molecule has 0 bridgehead atoms. The summed E-state index contributed by atoms with van der Waals surface area (Å²) in [5.41, 5.74) is 21.6. The van der Waals surface area contributed by atoms with Crippen LogP contribution in [0.15, 0.2) is 27.8 Å². The lowest BCUT2D eigenvalue weighted by Crippen LogP contribution is -2.56. The number of nitrogens with two attached hydrogens (primary N) is 4. The summed E-state index contributed by atoms with van der Waals surface area (Å²) in [6.07, 6.45) is 4.70. The van der Waals surface area contributed by atoms with Gasteiger partial charge < -0.3 is 42.9 Å². The molecular weight excluding hydrogens is 456 g/mol. The number of hydrogen-bond acceptors (Lipinski definition) is 7. The van der Waals surface area contributed by atoms with Gasteiger partial charge in [0.05, 0.1) is 6.26 Å². The lowest BCUT2D eigenvalue weighted by Gasteiger charge is -2.26. The van der Waals surface area contributed by atoms with E-state index in [1.807, 2.05) is 0 Å². The minimum atomic E-state index is -0.950. The molecule has 2 heterocycles. The molecule has 1 fully saturated rings. The number of furan rings is 1. The summed E-state index contributed by atoms with van der Waals surface area (Å²) >= 11 is 0. The Hall–Kier alpha value is -3.61. The molecule has 13 heteroatoms. The van der Waals surface area contributed by atoms with Gasteiger partial charge >= 0.3 is 0 Å². The van der Waals surface area contributed by atoms with Gasteiger partial charge in [-0.05, 0) is 63.6 Å². The van der Waals surface area contributed by atoms with Crippen molar-refractivity contribution in [2.75, 3.05) is 19.6 Å². The van der Waals surface area contributed by atoms with Crippen LogP contribution in [-0.2, 0) is 14.4 Å². The molecule has 10 N–H and O–H groups in total. The van der Waals surface area contributed by atoms with Crippen molar-refractivity contribution in [1.29, 1.82) is 0 Å². The monoisotopic (exact) mass is 492 g/mol. The topological polar surface area (TPSA) is 225 Å². The van der Waals surface area contributed by atoms with Crippen LogP contribution in [0.3, 0.4) is 0 Å². The third-order valence-electron chi connectivity index (χ3n) is 5.73. The van der Waals surface area contributed by atoms with Crippen molar-refractivity contribution in [3.63, 3.8) is 0 Å². The van der Waals surface area contributed by atoms with Crippen LogP contribution in [0.25, 0.3) is 0 Å². The number of primary amides is 1. The van der Waals surface area contributed by atoms with E-state index in [0.29, 0.717) is 51.6 Å². The van der Waals surface area contributed by atoms with Crippen LogP contribution >= 0.6 is 0 Å². The van der Waals surface area contributed by atoms with Crippen molar-refractivity contribution in [2.24, 2.45) is 27.9 Å². The lowest BCUT2D eigenvalue weighted by atomic mass is 10.1. The highest BCUT2D eigenvalue weighted by molar-refractivity contribution is 5.97. The summed E-state index contributed by atoms with van der Waals surface area (Å²) in [7, 11) is 0. The lowest BCUT2D eigenvalue weighted by molar-refractivity contribution is -0.132. The Bertz CT molecular complexity index is 884. The van der Waals surface area contributed by atoms with Gasteiger partial charge in [0.2, 0.25) is 17.7 Å². The molecule has 1 aromatic heterocycles. The molecule has 0 unspecified atom stereocenters. The van der Waals surface area contributed by atoms with Gasteiger partial charge in [-0.15, -0.1) is 0 Å². The molecule has 4 amide bonds. The SMILES string of the molecule is NCCCC[C@H](NC(=O)[C@@H]1CCCN1C(=O)c1ccco1)C(=O)N[C@@H](CCCN=C(N)N)C(N)=O. The van der Waals surface area contributed by atoms with Crippen LogP contribution in [0.1, 0.15) is 55.5 Å². The van der Waals surface area contributed by atoms with Crippen molar-refractivity contribution in [2.45, 2.75) is 63.1 Å². The number of carbonyl (C=O) groups excluding carboxylic acids is 4. The number of hydrogen-bond donors (Lipinski definition) is 6. The molecule has 1 aliphatic rings. The second kappa shape index (κ2) is 13.9. The Morgan fingerprint density at radius 1 is 1.09 bits per heavy atom. The number of nitrogens with one attached hydrogen (secondary N) is 2. The zero-order valence-corrected chi connectivity index (χ0v) is 19.8. The van der Waals surface area contributed by atoms with Gasteiger partial charge in [-0.25, -0.2) is 0 Å². The van der Waals surface area contributed by atoms with Crippen molar-refractivity contribution >= 4 is 29.6 Å². The Balaban J connectivity index is 2.05. The minimum Gasteiger partial charge on any atom is -0.459 e. The van der Waals surface area contributed by atoms with Gasteiger partial charge in [0.15, 0.2) is 11.7 Å². The third-order valence-corrected chi connectivity index (χ3v) is 5.73. The van der Waals surface area contributed by atoms with E-state index in [4.69, 9.17) is 27.4 Å². The first-order valence-corrected chi connectivity index (χ1v) is 11.7. The number of unbranched alkanes of at least 4 members (excludes halogenated alkanes) is 1. The zero-order valence-electron chi connectivity index (χ0n) is 19.8. The maximum absolute atomic E-state index is 13.1. The van der Waals surface area contributed by atoms with Crippen molar-refractivity contribution in [1.82, 2.24) is 15.5 Å². The van der Waals surface area contributed by atoms with E-state index in [-0.39, 0.29) is 30.6 Å². The highest BCUT2D eigenvalue weighted by atomic mass is 16.3. The van der Waals surface area contributed by atoms with E-state index in [0.717, 1.165) is 0 Å². The second-order valence-corrected chi connectivity index (χ2v) is 8.39. The van der Waals surface area contributed by atoms with Gasteiger partial charge in [0.25, 0.3) is 5.91 Å². The summed E-state index contributed by atoms with van der Waals surface area (Å²) < 4.78 is 5.18. The number of aliphatic imine (C=N–C) groups is 1. The van der Waals surface area contributed by atoms with Gasteiger partial charge in [-0.3, -0.25) is 24.2 Å². The van der Waals surface area contributed by atoms with Crippen LogP contribution in [0.4, 0.5) is 0 Å². The van der Waals surface area contributed by atoms with E-state index >= 15 is 0 Å². The molecule has 1 aliphatic heterocycles. The fraction of sp³-hybridized carbons (Fsp3) is 0.591. The normalized spacial score (nSPS) is 16.8. The van der Waals surface area contributed by atoms with Crippen LogP contribution in [0, 0.1) is 0 Å². The predicted octanol–water partition coefficient (Wildman–Crippen LogP) is -1.48. The highest BCUT2D eigenvalue weighted by Gasteiger charge is 2.37. The van der Waals surface area contributed by atoms with Crippen LogP contribution in [-0.4, -0.2) is 72.2 Å². The number of likely N-dealkylation sites (tertiary alicyclic amines) is 1. The Morgan fingerprint density at radius 3 is 2.46 bits per heavy atom. The van der Waals surface area contributed by atoms with Crippen molar-refractivity contribution < 1.29 is 23.6 Å². The largest absolute Gasteiger partial charge is 0.459 e. The second-order valence-electron chi connectivity index (χ2n) is 8.39. The fourth-order valence-electron chi connectivity index (χ4n) is 3.92. The molecule has 0 spiro atoms. The number of guanidine groups is 1. The molecular formula is C22H36N8O5. The van der Waals surface area contributed by atoms with E-state index < -0.39 is 35.8 Å². The Kier molecular flexibility index (Phi) is 11.0. The highest BCUT2D eigenvalue weighted by Crippen LogP contribution is 2.21. The average Bonchev–Trinajstić information content (AvgIpc) is 3.52. The van der Waals surface area contributed by atoms with Crippen molar-refractivity contribution in [3.8, 4) is 0 Å². The average molecular weight is 493 g/mol. The van der Waals surface area contributed by atoms with Crippen LogP contribution in [0.2, 0.25) is 0 Å². The first-order valence-electron chi connectivity index (χ1n) is 11.7. The van der Waals surface area contributed by atoms with E-state index in [9.17, 15) is 19.2 Å². The molecule has 194 valence electrons. The first-order chi connectivity index (χ1) is 16.7. The number of rotatable bonds is 14. The first kappa shape index (κ1) is 27.6. The predicted molar refractivity (Wildman–Crippen MR) is 129 cm³/mol.